The van der Waals surface area contributed by atoms with E-state index in [9.17, 15) is 23.4 Å². The molecule has 0 radical (unpaired) electrons. The number of benzene rings is 1. The first-order valence-corrected chi connectivity index (χ1v) is 7.65. The van der Waals surface area contributed by atoms with E-state index in [1.165, 1.54) is 12.1 Å². The van der Waals surface area contributed by atoms with Crippen molar-refractivity contribution in [3.63, 3.8) is 0 Å². The number of aliphatic carboxylic acids is 1. The number of aryl methyl sites for hydroxylation is 2. The number of carbonyl (C=O) groups is 1. The summed E-state index contributed by atoms with van der Waals surface area (Å²) in [6.07, 6.45) is -1.13. The zero-order valence-corrected chi connectivity index (χ0v) is 12.1. The predicted octanol–water partition coefficient (Wildman–Crippen LogP) is -0.823. The maximum absolute atomic E-state index is 12.5. The summed E-state index contributed by atoms with van der Waals surface area (Å²) in [5.41, 5.74) is 1.75. The zero-order valence-electron chi connectivity index (χ0n) is 11.2. The van der Waals surface area contributed by atoms with Crippen molar-refractivity contribution in [2.75, 3.05) is 6.54 Å². The highest BCUT2D eigenvalue weighted by molar-refractivity contribution is 7.89. The van der Waals surface area contributed by atoms with E-state index in [2.05, 4.69) is 0 Å². The number of hydrogen-bond donors (Lipinski definition) is 1. The highest BCUT2D eigenvalue weighted by Crippen LogP contribution is 2.27. The van der Waals surface area contributed by atoms with Gasteiger partial charge in [0.15, 0.2) is 0 Å². The Morgan fingerprint density at radius 1 is 1.35 bits per heavy atom. The third kappa shape index (κ3) is 2.56. The average Bonchev–Trinajstić information content (AvgIpc) is 2.75. The molecule has 1 heterocycles. The minimum Gasteiger partial charge on any atom is -0.548 e. The molecule has 2 rings (SSSR count). The van der Waals surface area contributed by atoms with Gasteiger partial charge in [-0.2, -0.15) is 4.31 Å². The van der Waals surface area contributed by atoms with Crippen LogP contribution in [-0.4, -0.2) is 42.5 Å². The largest absolute Gasteiger partial charge is 0.548 e. The molecule has 2 atom stereocenters. The van der Waals surface area contributed by atoms with E-state index in [0.717, 1.165) is 15.4 Å². The number of nitrogens with zero attached hydrogens (tertiary/aromatic N) is 1. The summed E-state index contributed by atoms with van der Waals surface area (Å²) < 4.78 is 25.8. The fourth-order valence-electron chi connectivity index (χ4n) is 2.27. The number of aliphatic hydroxyl groups excluding tert-OH is 1. The molecule has 0 aromatic heterocycles. The Morgan fingerprint density at radius 2 is 2.00 bits per heavy atom. The van der Waals surface area contributed by atoms with Gasteiger partial charge < -0.3 is 15.0 Å². The fraction of sp³-hybridized carbons (Fsp3) is 0.462. The molecule has 1 aromatic carbocycles. The molecular formula is C13H16NO5S-. The van der Waals surface area contributed by atoms with Gasteiger partial charge in [0.1, 0.15) is 0 Å². The van der Waals surface area contributed by atoms with Gasteiger partial charge in [-0.15, -0.1) is 0 Å². The van der Waals surface area contributed by atoms with E-state index in [0.29, 0.717) is 0 Å². The Labute approximate surface area is 117 Å². The van der Waals surface area contributed by atoms with Crippen molar-refractivity contribution in [2.24, 2.45) is 0 Å². The summed E-state index contributed by atoms with van der Waals surface area (Å²) in [4.78, 5) is 11.1. The lowest BCUT2D eigenvalue weighted by Gasteiger charge is -2.24. The first-order chi connectivity index (χ1) is 9.23. The lowest BCUT2D eigenvalue weighted by Crippen LogP contribution is -2.46. The van der Waals surface area contributed by atoms with Crippen LogP contribution in [0.5, 0.6) is 0 Å². The van der Waals surface area contributed by atoms with Crippen molar-refractivity contribution < 1.29 is 23.4 Å². The van der Waals surface area contributed by atoms with E-state index < -0.39 is 28.1 Å². The van der Waals surface area contributed by atoms with Crippen LogP contribution in [0.25, 0.3) is 0 Å². The molecule has 0 spiro atoms. The number of carbonyl (C=O) groups excluding carboxylic acids is 1. The number of sulfonamides is 1. The van der Waals surface area contributed by atoms with E-state index >= 15 is 0 Å². The smallest absolute Gasteiger partial charge is 0.243 e. The van der Waals surface area contributed by atoms with Gasteiger partial charge in [-0.25, -0.2) is 8.42 Å². The molecule has 0 saturated carbocycles. The summed E-state index contributed by atoms with van der Waals surface area (Å²) in [7, 11) is -3.95. The summed E-state index contributed by atoms with van der Waals surface area (Å²) in [6.45, 7) is 3.41. The van der Waals surface area contributed by atoms with E-state index in [1.54, 1.807) is 13.0 Å². The normalized spacial score (nSPS) is 23.9. The van der Waals surface area contributed by atoms with Crippen LogP contribution in [-0.2, 0) is 14.8 Å². The third-order valence-corrected chi connectivity index (χ3v) is 5.46. The molecule has 1 aliphatic rings. The summed E-state index contributed by atoms with van der Waals surface area (Å²) in [6, 6.07) is 3.29. The Kier molecular flexibility index (Phi) is 3.86. The van der Waals surface area contributed by atoms with Crippen molar-refractivity contribution in [3.05, 3.63) is 29.3 Å². The second-order valence-electron chi connectivity index (χ2n) is 5.05. The Morgan fingerprint density at radius 3 is 2.55 bits per heavy atom. The summed E-state index contributed by atoms with van der Waals surface area (Å²) in [5, 5.41) is 20.6. The summed E-state index contributed by atoms with van der Waals surface area (Å²) >= 11 is 0. The Bertz CT molecular complexity index is 640. The van der Waals surface area contributed by atoms with Gasteiger partial charge in [0, 0.05) is 6.54 Å². The number of β-amino-alcohol motifs (C(OH)–C–C–N with tert-alkyl or cyclic N) is 1. The summed E-state index contributed by atoms with van der Waals surface area (Å²) in [5.74, 6) is -1.49. The SMILES string of the molecule is Cc1ccc(S(=O)(=O)N2C[C@H](O)C[C@@H]2C(=O)[O-])cc1C. The maximum Gasteiger partial charge on any atom is 0.243 e. The van der Waals surface area contributed by atoms with Crippen molar-refractivity contribution in [1.82, 2.24) is 4.31 Å². The molecule has 110 valence electrons. The van der Waals surface area contributed by atoms with Crippen LogP contribution in [0.2, 0.25) is 0 Å². The molecule has 6 nitrogen and oxygen atoms in total. The first kappa shape index (κ1) is 15.0. The van der Waals surface area contributed by atoms with Gasteiger partial charge in [0.25, 0.3) is 0 Å². The van der Waals surface area contributed by atoms with Crippen LogP contribution < -0.4 is 5.11 Å². The molecule has 0 aliphatic carbocycles. The lowest BCUT2D eigenvalue weighted by molar-refractivity contribution is -0.309. The number of rotatable bonds is 3. The first-order valence-electron chi connectivity index (χ1n) is 6.21. The Hall–Kier alpha value is -1.44. The van der Waals surface area contributed by atoms with Crippen molar-refractivity contribution in [3.8, 4) is 0 Å². The number of carboxylic acid groups (broad SMARTS) is 1. The van der Waals surface area contributed by atoms with Gasteiger partial charge in [-0.05, 0) is 43.5 Å². The van der Waals surface area contributed by atoms with Gasteiger partial charge in [-0.3, -0.25) is 0 Å². The van der Waals surface area contributed by atoms with Gasteiger partial charge in [0.2, 0.25) is 10.0 Å². The van der Waals surface area contributed by atoms with Crippen LogP contribution in [0.4, 0.5) is 0 Å². The molecule has 20 heavy (non-hydrogen) atoms. The zero-order chi connectivity index (χ0) is 15.1. The highest BCUT2D eigenvalue weighted by Gasteiger charge is 2.40. The Balaban J connectivity index is 2.43. The van der Waals surface area contributed by atoms with E-state index in [-0.39, 0.29) is 17.9 Å². The highest BCUT2D eigenvalue weighted by atomic mass is 32.2. The molecule has 1 aliphatic heterocycles. The third-order valence-electron chi connectivity index (χ3n) is 3.59. The van der Waals surface area contributed by atoms with Crippen molar-refractivity contribution in [1.29, 1.82) is 0 Å². The molecular weight excluding hydrogens is 282 g/mol. The van der Waals surface area contributed by atoms with Crippen molar-refractivity contribution in [2.45, 2.75) is 37.3 Å². The molecule has 1 saturated heterocycles. The molecule has 0 amide bonds. The number of aliphatic hydroxyl groups is 1. The lowest BCUT2D eigenvalue weighted by atomic mass is 10.1. The molecule has 1 fully saturated rings. The second kappa shape index (κ2) is 5.16. The van der Waals surface area contributed by atoms with Crippen LogP contribution in [0.1, 0.15) is 17.5 Å². The molecule has 0 unspecified atom stereocenters. The van der Waals surface area contributed by atoms with Crippen LogP contribution >= 0.6 is 0 Å². The number of hydrogen-bond acceptors (Lipinski definition) is 5. The van der Waals surface area contributed by atoms with Gasteiger partial charge in [0.05, 0.1) is 23.0 Å². The topological polar surface area (TPSA) is 97.7 Å². The standard InChI is InChI=1S/C13H17NO5S/c1-8-3-4-11(5-9(8)2)20(18,19)14-7-10(15)6-12(14)13(16)17/h3-5,10,12,15H,6-7H2,1-2H3,(H,16,17)/p-1/t10-,12-/m1/s1. The molecule has 1 N–H and O–H groups in total. The van der Waals surface area contributed by atoms with Crippen molar-refractivity contribution >= 4 is 16.0 Å². The van der Waals surface area contributed by atoms with Gasteiger partial charge in [-0.1, -0.05) is 6.07 Å². The van der Waals surface area contributed by atoms with E-state index in [4.69, 9.17) is 0 Å². The molecule has 1 aromatic rings. The average molecular weight is 298 g/mol. The van der Waals surface area contributed by atoms with Crippen LogP contribution in [0, 0.1) is 13.8 Å². The van der Waals surface area contributed by atoms with Crippen LogP contribution in [0.15, 0.2) is 23.1 Å². The molecule has 0 bridgehead atoms. The molecule has 7 heteroatoms. The van der Waals surface area contributed by atoms with Gasteiger partial charge >= 0.3 is 0 Å². The predicted molar refractivity (Wildman–Crippen MR) is 69.2 cm³/mol. The monoisotopic (exact) mass is 298 g/mol. The minimum absolute atomic E-state index is 0.0287. The number of carboxylic acids is 1. The fourth-order valence-corrected chi connectivity index (χ4v) is 3.99. The maximum atomic E-state index is 12.5. The minimum atomic E-state index is -3.95. The second-order valence-corrected chi connectivity index (χ2v) is 6.94. The van der Waals surface area contributed by atoms with Crippen LogP contribution in [0.3, 0.4) is 0 Å². The van der Waals surface area contributed by atoms with E-state index in [1.807, 2.05) is 6.92 Å². The quantitative estimate of drug-likeness (QED) is 0.786.